The Hall–Kier alpha value is -2.47. The first-order valence-electron chi connectivity index (χ1n) is 11.6. The first-order chi connectivity index (χ1) is 16.1. The lowest BCUT2D eigenvalue weighted by atomic mass is 9.97. The molecule has 170 valence electrons. The van der Waals surface area contributed by atoms with Gasteiger partial charge in [0, 0.05) is 24.9 Å². The number of hydrogen-bond acceptors (Lipinski definition) is 5. The van der Waals surface area contributed by atoms with Crippen molar-refractivity contribution in [3.8, 4) is 11.1 Å². The van der Waals surface area contributed by atoms with E-state index in [4.69, 9.17) is 16.4 Å². The van der Waals surface area contributed by atoms with Crippen LogP contribution in [0.15, 0.2) is 65.8 Å². The summed E-state index contributed by atoms with van der Waals surface area (Å²) in [6.45, 7) is 3.47. The minimum absolute atomic E-state index is 0.0621. The number of rotatable bonds is 8. The number of nitrogens with zero attached hydrogens (tertiary/aromatic N) is 2. The smallest absolute Gasteiger partial charge is 0.172 e. The standard InChI is InChI=1S/C27H27ClN2O2S/c28-27-13-12-26(33-27)25(31)11-10-23-17-24(29-32-23)22-5-3-4-21(16-22)20-8-6-19(7-9-20)18-30-14-1-2-15-30/h3-9,12-13,16,23H,1-2,10-11,14-15,17-18H2. The monoisotopic (exact) mass is 478 g/mol. The fourth-order valence-electron chi connectivity index (χ4n) is 4.51. The molecule has 6 heteroatoms. The second-order valence-electron chi connectivity index (χ2n) is 8.80. The fourth-order valence-corrected chi connectivity index (χ4v) is 5.52. The second kappa shape index (κ2) is 10.2. The fraction of sp³-hybridized carbons (Fsp3) is 0.333. The lowest BCUT2D eigenvalue weighted by Crippen LogP contribution is -2.18. The van der Waals surface area contributed by atoms with Crippen LogP contribution in [-0.4, -0.2) is 35.6 Å². The van der Waals surface area contributed by atoms with Gasteiger partial charge in [-0.25, -0.2) is 0 Å². The predicted molar refractivity (Wildman–Crippen MR) is 135 cm³/mol. The Morgan fingerprint density at radius 2 is 1.82 bits per heavy atom. The zero-order valence-corrected chi connectivity index (χ0v) is 20.1. The molecule has 0 amide bonds. The highest BCUT2D eigenvalue weighted by Gasteiger charge is 2.24. The van der Waals surface area contributed by atoms with Crippen molar-refractivity contribution in [1.82, 2.24) is 4.90 Å². The lowest BCUT2D eigenvalue weighted by molar-refractivity contribution is 0.0720. The van der Waals surface area contributed by atoms with E-state index in [9.17, 15) is 4.79 Å². The Labute approximate surface area is 203 Å². The van der Waals surface area contributed by atoms with Crippen LogP contribution in [0, 0.1) is 0 Å². The highest BCUT2D eigenvalue weighted by molar-refractivity contribution is 7.18. The van der Waals surface area contributed by atoms with Crippen LogP contribution < -0.4 is 0 Å². The molecule has 1 unspecified atom stereocenters. The van der Waals surface area contributed by atoms with Crippen LogP contribution in [-0.2, 0) is 11.4 Å². The molecule has 0 bridgehead atoms. The third-order valence-electron chi connectivity index (χ3n) is 6.36. The van der Waals surface area contributed by atoms with Gasteiger partial charge in [-0.1, -0.05) is 59.2 Å². The van der Waals surface area contributed by atoms with Crippen LogP contribution in [0.2, 0.25) is 4.34 Å². The van der Waals surface area contributed by atoms with E-state index >= 15 is 0 Å². The SMILES string of the molecule is O=C(CCC1CC(c2cccc(-c3ccc(CN4CCCC4)cc3)c2)=NO1)c1ccc(Cl)s1. The molecule has 1 fully saturated rings. The maximum Gasteiger partial charge on any atom is 0.172 e. The molecule has 2 aliphatic heterocycles. The Morgan fingerprint density at radius 1 is 1.03 bits per heavy atom. The minimum atomic E-state index is -0.0621. The lowest BCUT2D eigenvalue weighted by Gasteiger charge is -2.14. The summed E-state index contributed by atoms with van der Waals surface area (Å²) >= 11 is 7.27. The van der Waals surface area contributed by atoms with Gasteiger partial charge in [0.15, 0.2) is 5.78 Å². The van der Waals surface area contributed by atoms with Gasteiger partial charge < -0.3 is 4.84 Å². The van der Waals surface area contributed by atoms with E-state index in [1.807, 2.05) is 0 Å². The molecule has 1 aromatic heterocycles. The summed E-state index contributed by atoms with van der Waals surface area (Å²) in [4.78, 5) is 21.2. The summed E-state index contributed by atoms with van der Waals surface area (Å²) in [5, 5.41) is 4.33. The van der Waals surface area contributed by atoms with Gasteiger partial charge in [0.05, 0.1) is 14.9 Å². The van der Waals surface area contributed by atoms with Gasteiger partial charge in [-0.15, -0.1) is 11.3 Å². The molecule has 33 heavy (non-hydrogen) atoms. The van der Waals surface area contributed by atoms with Gasteiger partial charge in [-0.2, -0.15) is 0 Å². The zero-order chi connectivity index (χ0) is 22.6. The molecule has 4 nitrogen and oxygen atoms in total. The number of halogens is 1. The minimum Gasteiger partial charge on any atom is -0.392 e. The van der Waals surface area contributed by atoms with Crippen molar-refractivity contribution < 1.29 is 9.63 Å². The van der Waals surface area contributed by atoms with Gasteiger partial charge in [-0.05, 0) is 67.2 Å². The summed E-state index contributed by atoms with van der Waals surface area (Å²) < 4.78 is 0.641. The zero-order valence-electron chi connectivity index (χ0n) is 18.5. The number of hydrogen-bond donors (Lipinski definition) is 0. The van der Waals surface area contributed by atoms with Crippen LogP contribution in [0.4, 0.5) is 0 Å². The third kappa shape index (κ3) is 5.55. The maximum atomic E-state index is 12.3. The van der Waals surface area contributed by atoms with Gasteiger partial charge in [0.25, 0.3) is 0 Å². The third-order valence-corrected chi connectivity index (χ3v) is 7.63. The van der Waals surface area contributed by atoms with E-state index in [0.29, 0.717) is 22.1 Å². The maximum absolute atomic E-state index is 12.3. The van der Waals surface area contributed by atoms with Crippen molar-refractivity contribution in [3.63, 3.8) is 0 Å². The molecule has 0 radical (unpaired) electrons. The molecule has 0 spiro atoms. The molecular formula is C27H27ClN2O2S. The summed E-state index contributed by atoms with van der Waals surface area (Å²) in [6.07, 6.45) is 4.38. The molecule has 5 rings (SSSR count). The van der Waals surface area contributed by atoms with Crippen LogP contribution in [0.5, 0.6) is 0 Å². The number of Topliss-reactive ketones (excluding diaryl/α,β-unsaturated/α-hetero) is 1. The summed E-state index contributed by atoms with van der Waals surface area (Å²) in [5.74, 6) is 0.110. The van der Waals surface area contributed by atoms with Crippen molar-refractivity contribution in [2.75, 3.05) is 13.1 Å². The number of carbonyl (C=O) groups excluding carboxylic acids is 1. The highest BCUT2D eigenvalue weighted by atomic mass is 35.5. The molecule has 1 saturated heterocycles. The van der Waals surface area contributed by atoms with Crippen molar-refractivity contribution in [2.24, 2.45) is 5.16 Å². The van der Waals surface area contributed by atoms with E-state index < -0.39 is 0 Å². The van der Waals surface area contributed by atoms with Crippen molar-refractivity contribution in [1.29, 1.82) is 0 Å². The van der Waals surface area contributed by atoms with Gasteiger partial charge in [0.1, 0.15) is 6.10 Å². The summed E-state index contributed by atoms with van der Waals surface area (Å²) in [7, 11) is 0. The van der Waals surface area contributed by atoms with Gasteiger partial charge >= 0.3 is 0 Å². The Bertz CT molecular complexity index is 1150. The first-order valence-corrected chi connectivity index (χ1v) is 12.8. The van der Waals surface area contributed by atoms with Crippen molar-refractivity contribution in [3.05, 3.63) is 81.0 Å². The van der Waals surface area contributed by atoms with Crippen LogP contribution in [0.25, 0.3) is 11.1 Å². The molecular weight excluding hydrogens is 452 g/mol. The van der Waals surface area contributed by atoms with Crippen molar-refractivity contribution >= 4 is 34.4 Å². The van der Waals surface area contributed by atoms with Crippen LogP contribution in [0.1, 0.15) is 52.9 Å². The topological polar surface area (TPSA) is 41.9 Å². The number of thiophene rings is 1. The van der Waals surface area contributed by atoms with E-state index in [0.717, 1.165) is 24.2 Å². The number of likely N-dealkylation sites (tertiary alicyclic amines) is 1. The van der Waals surface area contributed by atoms with E-state index in [-0.39, 0.29) is 11.9 Å². The second-order valence-corrected chi connectivity index (χ2v) is 10.5. The van der Waals surface area contributed by atoms with E-state index in [1.165, 1.54) is 54.0 Å². The molecule has 2 aromatic carbocycles. The quantitative estimate of drug-likeness (QED) is 0.333. The predicted octanol–water partition coefficient (Wildman–Crippen LogP) is 6.82. The Kier molecular flexibility index (Phi) is 6.91. The molecule has 0 saturated carbocycles. The van der Waals surface area contributed by atoms with Gasteiger partial charge in [-0.3, -0.25) is 9.69 Å². The molecule has 3 heterocycles. The number of carbonyl (C=O) groups is 1. The van der Waals surface area contributed by atoms with Crippen molar-refractivity contribution in [2.45, 2.75) is 44.8 Å². The number of benzene rings is 2. The molecule has 3 aromatic rings. The van der Waals surface area contributed by atoms with E-state index in [1.54, 1.807) is 12.1 Å². The van der Waals surface area contributed by atoms with Crippen LogP contribution in [0.3, 0.4) is 0 Å². The summed E-state index contributed by atoms with van der Waals surface area (Å²) in [6, 6.07) is 20.9. The Morgan fingerprint density at radius 3 is 2.58 bits per heavy atom. The largest absolute Gasteiger partial charge is 0.392 e. The van der Waals surface area contributed by atoms with Crippen LogP contribution >= 0.6 is 22.9 Å². The average molecular weight is 479 g/mol. The molecule has 0 N–H and O–H groups in total. The molecule has 0 aliphatic carbocycles. The first kappa shape index (κ1) is 22.3. The van der Waals surface area contributed by atoms with E-state index in [2.05, 4.69) is 58.6 Å². The average Bonchev–Trinajstić information content (AvgIpc) is 3.61. The highest BCUT2D eigenvalue weighted by Crippen LogP contribution is 2.27. The molecule has 2 aliphatic rings. The number of ketones is 1. The van der Waals surface area contributed by atoms with Gasteiger partial charge in [0.2, 0.25) is 0 Å². The Balaban J connectivity index is 1.18. The normalized spacial score (nSPS) is 18.3. The molecule has 1 atom stereocenters. The number of oxime groups is 1. The summed E-state index contributed by atoms with van der Waals surface area (Å²) in [5.41, 5.74) is 5.77.